The maximum absolute atomic E-state index is 13.2. The van der Waals surface area contributed by atoms with Gasteiger partial charge in [-0.15, -0.1) is 11.3 Å². The lowest BCUT2D eigenvalue weighted by Gasteiger charge is -2.22. The number of aromatic nitrogens is 1. The van der Waals surface area contributed by atoms with Crippen LogP contribution in [0.15, 0.2) is 18.2 Å². The number of thiazole rings is 1. The van der Waals surface area contributed by atoms with E-state index in [0.29, 0.717) is 15.2 Å². The summed E-state index contributed by atoms with van der Waals surface area (Å²) in [6.07, 6.45) is -1.25. The second kappa shape index (κ2) is 6.91. The molecule has 0 unspecified atom stereocenters. The van der Waals surface area contributed by atoms with Crippen molar-refractivity contribution in [2.75, 3.05) is 0 Å². The average Bonchev–Trinajstić information content (AvgIpc) is 2.87. The van der Waals surface area contributed by atoms with Crippen LogP contribution >= 0.6 is 11.3 Å². The van der Waals surface area contributed by atoms with Crippen LogP contribution in [0.4, 0.5) is 9.18 Å². The molecular weight excluding hydrogens is 321 g/mol. The number of nitrogens with one attached hydrogen (secondary N) is 2. The van der Waals surface area contributed by atoms with Crippen LogP contribution in [-0.2, 0) is 4.79 Å². The Kier molecular flexibility index (Phi) is 5.15. The van der Waals surface area contributed by atoms with E-state index in [9.17, 15) is 14.0 Å². The van der Waals surface area contributed by atoms with Gasteiger partial charge in [-0.3, -0.25) is 4.79 Å². The molecule has 2 atom stereocenters. The number of nitrogens with zero attached hydrogens (tertiary/aromatic N) is 1. The van der Waals surface area contributed by atoms with E-state index in [1.54, 1.807) is 26.8 Å². The van der Waals surface area contributed by atoms with E-state index in [1.165, 1.54) is 23.5 Å². The predicted octanol–water partition coefficient (Wildman–Crippen LogP) is 2.90. The zero-order valence-corrected chi connectivity index (χ0v) is 13.8. The third-order valence-corrected chi connectivity index (χ3v) is 4.53. The second-order valence-corrected chi connectivity index (χ2v) is 6.63. The summed E-state index contributed by atoms with van der Waals surface area (Å²) in [7, 11) is 0. The molecule has 2 amide bonds. The number of fused-ring (bicyclic) bond motifs is 1. The molecule has 124 valence electrons. The number of carbonyl (C=O) groups is 2. The standard InChI is InChI=1S/C15H18FN3O3S/c1-7(2)12(19-15(21)22)13(20)17-8(3)14-18-10-5-4-9(16)6-11(10)23-14/h4-8,12,19H,1-3H3,(H,17,20)(H,21,22)/t8-,12-/m0/s1. The summed E-state index contributed by atoms with van der Waals surface area (Å²) in [6, 6.07) is 3.07. The molecule has 6 nitrogen and oxygen atoms in total. The Bertz CT molecular complexity index is 732. The van der Waals surface area contributed by atoms with Gasteiger partial charge in [0.25, 0.3) is 0 Å². The number of carbonyl (C=O) groups excluding carboxylic acids is 1. The largest absolute Gasteiger partial charge is 0.465 e. The molecule has 0 spiro atoms. The Morgan fingerprint density at radius 1 is 1.26 bits per heavy atom. The maximum Gasteiger partial charge on any atom is 0.405 e. The fraction of sp³-hybridized carbons (Fsp3) is 0.400. The number of hydrogen-bond acceptors (Lipinski definition) is 4. The summed E-state index contributed by atoms with van der Waals surface area (Å²) < 4.78 is 13.9. The van der Waals surface area contributed by atoms with E-state index >= 15 is 0 Å². The van der Waals surface area contributed by atoms with Crippen molar-refractivity contribution in [2.24, 2.45) is 5.92 Å². The molecular formula is C15H18FN3O3S. The van der Waals surface area contributed by atoms with Crippen LogP contribution in [0.1, 0.15) is 31.8 Å². The summed E-state index contributed by atoms with van der Waals surface area (Å²) in [6.45, 7) is 5.26. The zero-order valence-electron chi connectivity index (χ0n) is 13.0. The monoisotopic (exact) mass is 339 g/mol. The lowest BCUT2D eigenvalue weighted by Crippen LogP contribution is -2.49. The van der Waals surface area contributed by atoms with Crippen LogP contribution in [-0.4, -0.2) is 28.1 Å². The van der Waals surface area contributed by atoms with Crippen LogP contribution < -0.4 is 10.6 Å². The van der Waals surface area contributed by atoms with E-state index in [2.05, 4.69) is 15.6 Å². The van der Waals surface area contributed by atoms with Crippen molar-refractivity contribution in [3.63, 3.8) is 0 Å². The molecule has 0 saturated carbocycles. The van der Waals surface area contributed by atoms with E-state index in [1.807, 2.05) is 0 Å². The fourth-order valence-corrected chi connectivity index (χ4v) is 3.13. The summed E-state index contributed by atoms with van der Waals surface area (Å²) in [5.41, 5.74) is 0.663. The number of carboxylic acid groups (broad SMARTS) is 1. The molecule has 0 radical (unpaired) electrons. The van der Waals surface area contributed by atoms with Gasteiger partial charge in [0, 0.05) is 0 Å². The highest BCUT2D eigenvalue weighted by molar-refractivity contribution is 7.18. The van der Waals surface area contributed by atoms with Crippen LogP contribution in [0.3, 0.4) is 0 Å². The quantitative estimate of drug-likeness (QED) is 0.781. The molecule has 3 N–H and O–H groups in total. The van der Waals surface area contributed by atoms with Gasteiger partial charge in [-0.05, 0) is 31.0 Å². The van der Waals surface area contributed by atoms with Crippen molar-refractivity contribution in [2.45, 2.75) is 32.9 Å². The van der Waals surface area contributed by atoms with Gasteiger partial charge in [0.2, 0.25) is 5.91 Å². The molecule has 8 heteroatoms. The predicted molar refractivity (Wildman–Crippen MR) is 85.9 cm³/mol. The minimum Gasteiger partial charge on any atom is -0.465 e. The number of amides is 2. The zero-order chi connectivity index (χ0) is 17.1. The molecule has 23 heavy (non-hydrogen) atoms. The average molecular weight is 339 g/mol. The highest BCUT2D eigenvalue weighted by Crippen LogP contribution is 2.27. The molecule has 1 aromatic carbocycles. The number of benzene rings is 1. The minimum absolute atomic E-state index is 0.192. The third kappa shape index (κ3) is 4.16. The molecule has 1 aromatic heterocycles. The van der Waals surface area contributed by atoms with E-state index in [-0.39, 0.29) is 11.7 Å². The van der Waals surface area contributed by atoms with Crippen molar-refractivity contribution in [3.8, 4) is 0 Å². The molecule has 0 fully saturated rings. The molecule has 0 aliphatic carbocycles. The first-order chi connectivity index (χ1) is 10.8. The number of rotatable bonds is 5. The van der Waals surface area contributed by atoms with Gasteiger partial charge in [-0.1, -0.05) is 13.8 Å². The molecule has 1 heterocycles. The van der Waals surface area contributed by atoms with Gasteiger partial charge in [-0.25, -0.2) is 14.2 Å². The normalized spacial score (nSPS) is 13.8. The smallest absolute Gasteiger partial charge is 0.405 e. The lowest BCUT2D eigenvalue weighted by atomic mass is 10.0. The third-order valence-electron chi connectivity index (χ3n) is 3.32. The molecule has 0 saturated heterocycles. The number of hydrogen-bond donors (Lipinski definition) is 3. The second-order valence-electron chi connectivity index (χ2n) is 5.57. The van der Waals surface area contributed by atoms with Gasteiger partial charge in [0.1, 0.15) is 16.9 Å². The van der Waals surface area contributed by atoms with Gasteiger partial charge >= 0.3 is 6.09 Å². The fourth-order valence-electron chi connectivity index (χ4n) is 2.13. The highest BCUT2D eigenvalue weighted by atomic mass is 32.1. The van der Waals surface area contributed by atoms with Gasteiger partial charge < -0.3 is 15.7 Å². The summed E-state index contributed by atoms with van der Waals surface area (Å²) in [5, 5.41) is 14.4. The highest BCUT2D eigenvalue weighted by Gasteiger charge is 2.26. The van der Waals surface area contributed by atoms with Crippen molar-refractivity contribution in [1.82, 2.24) is 15.6 Å². The first-order valence-corrected chi connectivity index (χ1v) is 7.95. The Balaban J connectivity index is 2.13. The topological polar surface area (TPSA) is 91.3 Å². The molecule has 0 aliphatic rings. The van der Waals surface area contributed by atoms with E-state index < -0.39 is 24.1 Å². The number of halogens is 1. The summed E-state index contributed by atoms with van der Waals surface area (Å²) >= 11 is 1.29. The van der Waals surface area contributed by atoms with Crippen LogP contribution in [0.5, 0.6) is 0 Å². The molecule has 0 aliphatic heterocycles. The van der Waals surface area contributed by atoms with Crippen molar-refractivity contribution < 1.29 is 19.1 Å². The lowest BCUT2D eigenvalue weighted by molar-refractivity contribution is -0.124. The van der Waals surface area contributed by atoms with E-state index in [0.717, 1.165) is 0 Å². The Hall–Kier alpha value is -2.22. The van der Waals surface area contributed by atoms with Crippen LogP contribution in [0.25, 0.3) is 10.2 Å². The van der Waals surface area contributed by atoms with Gasteiger partial charge in [-0.2, -0.15) is 0 Å². The minimum atomic E-state index is -1.25. The maximum atomic E-state index is 13.2. The molecule has 0 bridgehead atoms. The molecule has 2 aromatic rings. The van der Waals surface area contributed by atoms with Gasteiger partial charge in [0.05, 0.1) is 16.3 Å². The first kappa shape index (κ1) is 17.1. The van der Waals surface area contributed by atoms with Crippen LogP contribution in [0, 0.1) is 11.7 Å². The molecule has 2 rings (SSSR count). The SMILES string of the molecule is CC(C)[C@H](NC(=O)O)C(=O)N[C@@H](C)c1nc2ccc(F)cc2s1. The van der Waals surface area contributed by atoms with Gasteiger partial charge in [0.15, 0.2) is 0 Å². The van der Waals surface area contributed by atoms with Crippen molar-refractivity contribution in [3.05, 3.63) is 29.0 Å². The first-order valence-electron chi connectivity index (χ1n) is 7.13. The Morgan fingerprint density at radius 2 is 1.96 bits per heavy atom. The van der Waals surface area contributed by atoms with Crippen LogP contribution in [0.2, 0.25) is 0 Å². The Labute approximate surface area is 136 Å². The Morgan fingerprint density at radius 3 is 2.57 bits per heavy atom. The summed E-state index contributed by atoms with van der Waals surface area (Å²) in [5.74, 6) is -0.946. The van der Waals surface area contributed by atoms with Crippen molar-refractivity contribution in [1.29, 1.82) is 0 Å². The summed E-state index contributed by atoms with van der Waals surface area (Å²) in [4.78, 5) is 27.4. The van der Waals surface area contributed by atoms with Crippen molar-refractivity contribution >= 4 is 33.6 Å². The van der Waals surface area contributed by atoms with E-state index in [4.69, 9.17) is 5.11 Å².